The van der Waals surface area contributed by atoms with Crippen LogP contribution < -0.4 is 10.1 Å². The van der Waals surface area contributed by atoms with Crippen molar-refractivity contribution in [3.63, 3.8) is 0 Å². The van der Waals surface area contributed by atoms with Crippen molar-refractivity contribution < 1.29 is 13.9 Å². The molecule has 1 amide bonds. The van der Waals surface area contributed by atoms with Gasteiger partial charge >= 0.3 is 0 Å². The van der Waals surface area contributed by atoms with E-state index in [4.69, 9.17) is 4.74 Å². The van der Waals surface area contributed by atoms with Crippen LogP contribution in [-0.2, 0) is 0 Å². The van der Waals surface area contributed by atoms with Crippen LogP contribution in [0.2, 0.25) is 0 Å². The van der Waals surface area contributed by atoms with Gasteiger partial charge < -0.3 is 15.0 Å². The zero-order valence-electron chi connectivity index (χ0n) is 13.4. The Balaban J connectivity index is 0.00000208. The molecule has 0 spiro atoms. The average Bonchev–Trinajstić information content (AvgIpc) is 2.62. The van der Waals surface area contributed by atoms with Crippen molar-refractivity contribution in [3.05, 3.63) is 53.8 Å². The summed E-state index contributed by atoms with van der Waals surface area (Å²) >= 11 is 0. The van der Waals surface area contributed by atoms with Crippen LogP contribution in [0.1, 0.15) is 10.4 Å². The maximum atomic E-state index is 14.4. The molecule has 4 nitrogen and oxygen atoms in total. The number of amides is 1. The van der Waals surface area contributed by atoms with Crippen LogP contribution in [-0.4, -0.2) is 44.1 Å². The standard InChI is InChI=1S/C18H19FN2O2.ClH/c1-23-15-5-2-13(3-6-15)14-4-7-16(17(19)12-14)18(22)21-10-8-20-9-11-21;/h2-7,12,20H,8-11H2,1H3;1H. The fraction of sp³-hybridized carbons (Fsp3) is 0.278. The SMILES string of the molecule is COc1ccc(-c2ccc(C(=O)N3CCNCC3)c(F)c2)cc1.Cl. The number of ether oxygens (including phenoxy) is 1. The van der Waals surface area contributed by atoms with Gasteiger partial charge in [-0.2, -0.15) is 0 Å². The summed E-state index contributed by atoms with van der Waals surface area (Å²) in [7, 11) is 1.60. The molecule has 1 N–H and O–H groups in total. The number of halogens is 2. The first-order chi connectivity index (χ1) is 11.2. The van der Waals surface area contributed by atoms with Crippen molar-refractivity contribution in [1.29, 1.82) is 0 Å². The van der Waals surface area contributed by atoms with Gasteiger partial charge in [-0.05, 0) is 35.4 Å². The summed E-state index contributed by atoms with van der Waals surface area (Å²) < 4.78 is 19.5. The second-order valence-electron chi connectivity index (χ2n) is 5.47. The number of rotatable bonds is 3. The van der Waals surface area contributed by atoms with Crippen LogP contribution in [0.15, 0.2) is 42.5 Å². The Labute approximate surface area is 147 Å². The topological polar surface area (TPSA) is 41.6 Å². The molecule has 1 saturated heterocycles. The number of nitrogens with one attached hydrogen (secondary N) is 1. The van der Waals surface area contributed by atoms with Gasteiger partial charge in [0.25, 0.3) is 5.91 Å². The monoisotopic (exact) mass is 350 g/mol. The maximum Gasteiger partial charge on any atom is 0.256 e. The molecular weight excluding hydrogens is 331 g/mol. The number of piperazine rings is 1. The Hall–Kier alpha value is -2.11. The molecule has 1 heterocycles. The molecule has 3 rings (SSSR count). The number of nitrogens with zero attached hydrogens (tertiary/aromatic N) is 1. The van der Waals surface area contributed by atoms with E-state index >= 15 is 0 Å². The number of hydrogen-bond donors (Lipinski definition) is 1. The molecule has 24 heavy (non-hydrogen) atoms. The van der Waals surface area contributed by atoms with E-state index in [1.165, 1.54) is 6.07 Å². The van der Waals surface area contributed by atoms with Gasteiger partial charge in [0.2, 0.25) is 0 Å². The highest BCUT2D eigenvalue weighted by molar-refractivity contribution is 5.95. The lowest BCUT2D eigenvalue weighted by Gasteiger charge is -2.27. The van der Waals surface area contributed by atoms with E-state index in [0.29, 0.717) is 13.1 Å². The molecule has 0 aromatic heterocycles. The number of methoxy groups -OCH3 is 1. The predicted octanol–water partition coefficient (Wildman–Crippen LogP) is 2.97. The van der Waals surface area contributed by atoms with Crippen LogP contribution in [0.3, 0.4) is 0 Å². The molecule has 1 fully saturated rings. The normalized spacial score (nSPS) is 14.0. The van der Waals surface area contributed by atoms with E-state index in [1.54, 1.807) is 24.1 Å². The van der Waals surface area contributed by atoms with Gasteiger partial charge in [0.15, 0.2) is 0 Å². The lowest BCUT2D eigenvalue weighted by Crippen LogP contribution is -2.46. The largest absolute Gasteiger partial charge is 0.497 e. The van der Waals surface area contributed by atoms with Crippen molar-refractivity contribution >= 4 is 18.3 Å². The molecule has 2 aromatic carbocycles. The first-order valence-corrected chi connectivity index (χ1v) is 7.63. The van der Waals surface area contributed by atoms with Crippen molar-refractivity contribution in [2.24, 2.45) is 0 Å². The molecule has 0 bridgehead atoms. The number of carbonyl (C=O) groups is 1. The highest BCUT2D eigenvalue weighted by Crippen LogP contribution is 2.24. The van der Waals surface area contributed by atoms with Gasteiger partial charge in [-0.25, -0.2) is 4.39 Å². The van der Waals surface area contributed by atoms with Gasteiger partial charge in [0, 0.05) is 26.2 Å². The summed E-state index contributed by atoms with van der Waals surface area (Å²) in [5.74, 6) is 0.0202. The highest BCUT2D eigenvalue weighted by Gasteiger charge is 2.21. The number of benzene rings is 2. The minimum absolute atomic E-state index is 0. The lowest BCUT2D eigenvalue weighted by molar-refractivity contribution is 0.0731. The average molecular weight is 351 g/mol. The Morgan fingerprint density at radius 2 is 1.71 bits per heavy atom. The fourth-order valence-electron chi connectivity index (χ4n) is 2.69. The van der Waals surface area contributed by atoms with E-state index < -0.39 is 5.82 Å². The first kappa shape index (κ1) is 18.2. The molecule has 2 aromatic rings. The van der Waals surface area contributed by atoms with Crippen LogP contribution in [0.5, 0.6) is 5.75 Å². The lowest BCUT2D eigenvalue weighted by atomic mass is 10.0. The summed E-state index contributed by atoms with van der Waals surface area (Å²) in [4.78, 5) is 14.1. The van der Waals surface area contributed by atoms with Crippen molar-refractivity contribution in [2.45, 2.75) is 0 Å². The molecule has 0 unspecified atom stereocenters. The molecule has 6 heteroatoms. The van der Waals surface area contributed by atoms with Gasteiger partial charge in [-0.15, -0.1) is 12.4 Å². The van der Waals surface area contributed by atoms with Crippen molar-refractivity contribution in [3.8, 4) is 16.9 Å². The van der Waals surface area contributed by atoms with Gasteiger partial charge in [0.05, 0.1) is 12.7 Å². The van der Waals surface area contributed by atoms with Crippen molar-refractivity contribution in [1.82, 2.24) is 10.2 Å². The maximum absolute atomic E-state index is 14.4. The van der Waals surface area contributed by atoms with E-state index in [9.17, 15) is 9.18 Å². The van der Waals surface area contributed by atoms with Crippen LogP contribution >= 0.6 is 12.4 Å². The summed E-state index contributed by atoms with van der Waals surface area (Å²) in [6.45, 7) is 2.71. The quantitative estimate of drug-likeness (QED) is 0.925. The molecule has 0 atom stereocenters. The zero-order chi connectivity index (χ0) is 16.2. The third-order valence-electron chi connectivity index (χ3n) is 4.03. The van der Waals surface area contributed by atoms with Crippen LogP contribution in [0.25, 0.3) is 11.1 Å². The minimum atomic E-state index is -0.484. The van der Waals surface area contributed by atoms with Crippen LogP contribution in [0.4, 0.5) is 4.39 Å². The van der Waals surface area contributed by atoms with Crippen LogP contribution in [0, 0.1) is 5.82 Å². The minimum Gasteiger partial charge on any atom is -0.497 e. The molecule has 1 aliphatic heterocycles. The summed E-state index contributed by atoms with van der Waals surface area (Å²) in [6, 6.07) is 12.1. The number of carbonyl (C=O) groups excluding carboxylic acids is 1. The van der Waals surface area contributed by atoms with Gasteiger partial charge in [-0.1, -0.05) is 18.2 Å². The Bertz CT molecular complexity index is 701. The van der Waals surface area contributed by atoms with E-state index in [1.807, 2.05) is 24.3 Å². The van der Waals surface area contributed by atoms with Crippen molar-refractivity contribution in [2.75, 3.05) is 33.3 Å². The molecule has 0 saturated carbocycles. The Morgan fingerprint density at radius 1 is 1.08 bits per heavy atom. The molecular formula is C18H20ClFN2O2. The van der Waals surface area contributed by atoms with E-state index in [2.05, 4.69) is 5.32 Å². The Kier molecular flexibility index (Phi) is 6.17. The number of hydrogen-bond acceptors (Lipinski definition) is 3. The Morgan fingerprint density at radius 3 is 2.29 bits per heavy atom. The molecule has 0 aliphatic carbocycles. The summed E-state index contributed by atoms with van der Waals surface area (Å²) in [6.07, 6.45) is 0. The molecule has 128 valence electrons. The molecule has 0 radical (unpaired) electrons. The van der Waals surface area contributed by atoms with E-state index in [-0.39, 0.29) is 23.9 Å². The predicted molar refractivity (Wildman–Crippen MR) is 94.4 cm³/mol. The highest BCUT2D eigenvalue weighted by atomic mass is 35.5. The fourth-order valence-corrected chi connectivity index (χ4v) is 2.69. The first-order valence-electron chi connectivity index (χ1n) is 7.63. The van der Waals surface area contributed by atoms with E-state index in [0.717, 1.165) is 30.0 Å². The van der Waals surface area contributed by atoms with Gasteiger partial charge in [-0.3, -0.25) is 4.79 Å². The smallest absolute Gasteiger partial charge is 0.256 e. The van der Waals surface area contributed by atoms with Gasteiger partial charge in [0.1, 0.15) is 11.6 Å². The summed E-state index contributed by atoms with van der Waals surface area (Å²) in [5.41, 5.74) is 1.75. The molecule has 1 aliphatic rings. The third-order valence-corrected chi connectivity index (χ3v) is 4.03. The second kappa shape index (κ2) is 8.13. The second-order valence-corrected chi connectivity index (χ2v) is 5.47. The summed E-state index contributed by atoms with van der Waals surface area (Å²) in [5, 5.41) is 3.18. The third kappa shape index (κ3) is 3.86. The zero-order valence-corrected chi connectivity index (χ0v) is 14.2.